The Morgan fingerprint density at radius 3 is 2.11 bits per heavy atom. The second-order valence-corrected chi connectivity index (χ2v) is 5.55. The van der Waals surface area contributed by atoms with Gasteiger partial charge in [-0.05, 0) is 34.1 Å². The molecule has 106 valence electrons. The highest BCUT2D eigenvalue weighted by Gasteiger charge is 2.36. The van der Waals surface area contributed by atoms with Gasteiger partial charge in [-0.1, -0.05) is 19.8 Å². The topological polar surface area (TPSA) is 64.6 Å². The summed E-state index contributed by atoms with van der Waals surface area (Å²) in [5.74, 6) is -0.457. The van der Waals surface area contributed by atoms with Crippen molar-refractivity contribution in [2.24, 2.45) is 0 Å². The van der Waals surface area contributed by atoms with Crippen molar-refractivity contribution in [3.05, 3.63) is 0 Å². The molecule has 0 aliphatic carbocycles. The molecule has 0 radical (unpaired) electrons. The second kappa shape index (κ2) is 6.61. The third kappa shape index (κ3) is 5.89. The van der Waals surface area contributed by atoms with Gasteiger partial charge in [-0.25, -0.2) is 9.59 Å². The highest BCUT2D eigenvalue weighted by Crippen LogP contribution is 2.17. The molecule has 0 heterocycles. The van der Waals surface area contributed by atoms with Gasteiger partial charge in [-0.2, -0.15) is 0 Å². The number of alkyl carbamates (subject to hydrolysis) is 1. The smallest absolute Gasteiger partial charge is 0.408 e. The summed E-state index contributed by atoms with van der Waals surface area (Å²) in [6.07, 6.45) is 1.67. The van der Waals surface area contributed by atoms with Gasteiger partial charge < -0.3 is 14.8 Å². The summed E-state index contributed by atoms with van der Waals surface area (Å²) >= 11 is 0. The number of nitrogens with one attached hydrogen (secondary N) is 1. The van der Waals surface area contributed by atoms with Crippen LogP contribution in [0.15, 0.2) is 0 Å². The van der Waals surface area contributed by atoms with E-state index >= 15 is 0 Å². The molecule has 0 rings (SSSR count). The fourth-order valence-corrected chi connectivity index (χ4v) is 1.50. The van der Waals surface area contributed by atoms with Crippen LogP contribution in [-0.2, 0) is 14.3 Å². The maximum atomic E-state index is 11.7. The van der Waals surface area contributed by atoms with Crippen LogP contribution < -0.4 is 5.32 Å². The standard InChI is InChI=1S/C13H25NO4/c1-7-8-9-13(5,10(15)17-6)14-11(16)18-12(2,3)4/h7-9H2,1-6H3,(H,14,16)/t13-/m0/s1. The van der Waals surface area contributed by atoms with E-state index in [1.54, 1.807) is 27.7 Å². The number of carbonyl (C=O) groups is 2. The molecule has 0 spiro atoms. The molecule has 0 saturated heterocycles. The van der Waals surface area contributed by atoms with Crippen molar-refractivity contribution in [1.29, 1.82) is 0 Å². The molecule has 0 saturated carbocycles. The summed E-state index contributed by atoms with van der Waals surface area (Å²) < 4.78 is 9.88. The van der Waals surface area contributed by atoms with E-state index in [-0.39, 0.29) is 0 Å². The molecule has 0 fully saturated rings. The Hall–Kier alpha value is -1.26. The van der Waals surface area contributed by atoms with Crippen molar-refractivity contribution >= 4 is 12.1 Å². The van der Waals surface area contributed by atoms with Crippen molar-refractivity contribution in [3.8, 4) is 0 Å². The first-order valence-corrected chi connectivity index (χ1v) is 6.24. The van der Waals surface area contributed by atoms with Gasteiger partial charge in [0.1, 0.15) is 11.1 Å². The Morgan fingerprint density at radius 2 is 1.72 bits per heavy atom. The number of unbranched alkanes of at least 4 members (excludes halogenated alkanes) is 1. The molecule has 1 N–H and O–H groups in total. The SMILES string of the molecule is CCCC[C@](C)(NC(=O)OC(C)(C)C)C(=O)OC. The van der Waals surface area contributed by atoms with Crippen molar-refractivity contribution in [1.82, 2.24) is 5.32 Å². The lowest BCUT2D eigenvalue weighted by Gasteiger charge is -2.29. The van der Waals surface area contributed by atoms with Gasteiger partial charge in [0.25, 0.3) is 0 Å². The third-order valence-electron chi connectivity index (χ3n) is 2.44. The average molecular weight is 259 g/mol. The molecule has 5 heteroatoms. The molecule has 0 unspecified atom stereocenters. The van der Waals surface area contributed by atoms with Gasteiger partial charge in [0, 0.05) is 0 Å². The molecule has 0 aromatic heterocycles. The van der Waals surface area contributed by atoms with Crippen LogP contribution in [0.4, 0.5) is 4.79 Å². The monoisotopic (exact) mass is 259 g/mol. The van der Waals surface area contributed by atoms with Crippen molar-refractivity contribution in [2.45, 2.75) is 65.0 Å². The molecule has 1 amide bonds. The number of rotatable bonds is 5. The number of methoxy groups -OCH3 is 1. The van der Waals surface area contributed by atoms with Gasteiger partial charge >= 0.3 is 12.1 Å². The Labute approximate surface area is 109 Å². The van der Waals surface area contributed by atoms with Crippen molar-refractivity contribution < 1.29 is 19.1 Å². The minimum atomic E-state index is -1.03. The first-order valence-electron chi connectivity index (χ1n) is 6.24. The van der Waals surface area contributed by atoms with Gasteiger partial charge in [-0.15, -0.1) is 0 Å². The summed E-state index contributed by atoms with van der Waals surface area (Å²) in [6.45, 7) is 8.99. The van der Waals surface area contributed by atoms with E-state index in [4.69, 9.17) is 9.47 Å². The van der Waals surface area contributed by atoms with Crippen LogP contribution in [0.5, 0.6) is 0 Å². The molecule has 18 heavy (non-hydrogen) atoms. The number of ether oxygens (including phenoxy) is 2. The lowest BCUT2D eigenvalue weighted by Crippen LogP contribution is -2.53. The van der Waals surface area contributed by atoms with E-state index in [1.165, 1.54) is 7.11 Å². The van der Waals surface area contributed by atoms with E-state index in [9.17, 15) is 9.59 Å². The maximum absolute atomic E-state index is 11.7. The number of carbonyl (C=O) groups excluding carboxylic acids is 2. The fraction of sp³-hybridized carbons (Fsp3) is 0.846. The zero-order chi connectivity index (χ0) is 14.4. The predicted octanol–water partition coefficient (Wildman–Crippen LogP) is 2.63. The number of esters is 1. The lowest BCUT2D eigenvalue weighted by atomic mass is 9.95. The molecule has 0 aromatic rings. The fourth-order valence-electron chi connectivity index (χ4n) is 1.50. The zero-order valence-electron chi connectivity index (χ0n) is 12.3. The zero-order valence-corrected chi connectivity index (χ0v) is 12.3. The molecule has 0 aliphatic rings. The molecular weight excluding hydrogens is 234 g/mol. The highest BCUT2D eigenvalue weighted by molar-refractivity contribution is 5.85. The Kier molecular flexibility index (Phi) is 6.15. The molecule has 5 nitrogen and oxygen atoms in total. The van der Waals surface area contributed by atoms with Gasteiger partial charge in [-0.3, -0.25) is 0 Å². The number of hydrogen-bond acceptors (Lipinski definition) is 4. The van der Waals surface area contributed by atoms with Crippen LogP contribution in [0.3, 0.4) is 0 Å². The first kappa shape index (κ1) is 16.7. The van der Waals surface area contributed by atoms with Crippen LogP contribution in [0.25, 0.3) is 0 Å². The number of amides is 1. The van der Waals surface area contributed by atoms with Gasteiger partial charge in [0.15, 0.2) is 0 Å². The van der Waals surface area contributed by atoms with E-state index in [0.717, 1.165) is 12.8 Å². The molecule has 0 bridgehead atoms. The molecule has 1 atom stereocenters. The van der Waals surface area contributed by atoms with E-state index in [2.05, 4.69) is 5.32 Å². The maximum Gasteiger partial charge on any atom is 0.408 e. The Morgan fingerprint density at radius 1 is 1.17 bits per heavy atom. The minimum absolute atomic E-state index is 0.457. The van der Waals surface area contributed by atoms with Crippen LogP contribution in [0, 0.1) is 0 Å². The normalized spacial score (nSPS) is 14.6. The molecular formula is C13H25NO4. The van der Waals surface area contributed by atoms with Crippen LogP contribution in [0.1, 0.15) is 53.9 Å². The Balaban J connectivity index is 4.69. The van der Waals surface area contributed by atoms with E-state index in [0.29, 0.717) is 6.42 Å². The first-order chi connectivity index (χ1) is 8.14. The van der Waals surface area contributed by atoms with Gasteiger partial charge in [0.05, 0.1) is 7.11 Å². The lowest BCUT2D eigenvalue weighted by molar-refractivity contribution is -0.148. The summed E-state index contributed by atoms with van der Waals surface area (Å²) in [5.41, 5.74) is -1.63. The van der Waals surface area contributed by atoms with E-state index < -0.39 is 23.2 Å². The Bertz CT molecular complexity index is 296. The largest absolute Gasteiger partial charge is 0.467 e. The van der Waals surface area contributed by atoms with Crippen LogP contribution >= 0.6 is 0 Å². The molecule has 0 aromatic carbocycles. The molecule has 0 aliphatic heterocycles. The summed E-state index contributed by atoms with van der Waals surface area (Å²) in [6, 6.07) is 0. The predicted molar refractivity (Wildman–Crippen MR) is 69.3 cm³/mol. The van der Waals surface area contributed by atoms with E-state index in [1.807, 2.05) is 6.92 Å². The third-order valence-corrected chi connectivity index (χ3v) is 2.44. The summed E-state index contributed by atoms with van der Waals surface area (Å²) in [7, 11) is 1.31. The summed E-state index contributed by atoms with van der Waals surface area (Å²) in [5, 5.41) is 2.60. The average Bonchev–Trinajstić information content (AvgIpc) is 2.22. The van der Waals surface area contributed by atoms with Crippen LogP contribution in [0.2, 0.25) is 0 Å². The minimum Gasteiger partial charge on any atom is -0.467 e. The van der Waals surface area contributed by atoms with Crippen LogP contribution in [-0.4, -0.2) is 30.3 Å². The quantitative estimate of drug-likeness (QED) is 0.771. The van der Waals surface area contributed by atoms with Crippen molar-refractivity contribution in [2.75, 3.05) is 7.11 Å². The number of hydrogen-bond donors (Lipinski definition) is 1. The highest BCUT2D eigenvalue weighted by atomic mass is 16.6. The second-order valence-electron chi connectivity index (χ2n) is 5.55. The summed E-state index contributed by atoms with van der Waals surface area (Å²) in [4.78, 5) is 23.5. The van der Waals surface area contributed by atoms with Gasteiger partial charge in [0.2, 0.25) is 0 Å². The van der Waals surface area contributed by atoms with Crippen molar-refractivity contribution in [3.63, 3.8) is 0 Å².